The van der Waals surface area contributed by atoms with E-state index < -0.39 is 0 Å². The molecule has 1 fully saturated rings. The fourth-order valence-electron chi connectivity index (χ4n) is 2.31. The lowest BCUT2D eigenvalue weighted by molar-refractivity contribution is 0.275. The second-order valence-corrected chi connectivity index (χ2v) is 4.94. The van der Waals surface area contributed by atoms with Gasteiger partial charge in [-0.05, 0) is 70.7 Å². The summed E-state index contributed by atoms with van der Waals surface area (Å²) in [5, 5.41) is 3.39. The van der Waals surface area contributed by atoms with Gasteiger partial charge in [-0.3, -0.25) is 0 Å². The number of nitrogens with zero attached hydrogens (tertiary/aromatic N) is 1. The zero-order chi connectivity index (χ0) is 10.9. The van der Waals surface area contributed by atoms with Gasteiger partial charge in [0.1, 0.15) is 0 Å². The summed E-state index contributed by atoms with van der Waals surface area (Å²) in [6.45, 7) is 10.9. The molecule has 0 aromatic carbocycles. The van der Waals surface area contributed by atoms with E-state index in [1.165, 1.54) is 58.3 Å². The van der Waals surface area contributed by atoms with Gasteiger partial charge in [0.15, 0.2) is 0 Å². The summed E-state index contributed by atoms with van der Waals surface area (Å²) in [4.78, 5) is 2.66. The van der Waals surface area contributed by atoms with E-state index in [1.807, 2.05) is 0 Å². The molecule has 0 aromatic heterocycles. The molecule has 0 radical (unpaired) electrons. The second kappa shape index (κ2) is 8.12. The summed E-state index contributed by atoms with van der Waals surface area (Å²) >= 11 is 0. The summed E-state index contributed by atoms with van der Waals surface area (Å²) in [5.74, 6) is 0.955. The van der Waals surface area contributed by atoms with Gasteiger partial charge >= 0.3 is 0 Å². The molecule has 1 unspecified atom stereocenters. The summed E-state index contributed by atoms with van der Waals surface area (Å²) in [6, 6.07) is 0. The molecule has 0 aromatic rings. The highest BCUT2D eigenvalue weighted by Gasteiger charge is 2.12. The zero-order valence-electron chi connectivity index (χ0n) is 10.6. The summed E-state index contributed by atoms with van der Waals surface area (Å²) in [5.41, 5.74) is 0. The minimum atomic E-state index is 0.955. The zero-order valence-corrected chi connectivity index (χ0v) is 10.6. The first-order valence-corrected chi connectivity index (χ1v) is 6.76. The van der Waals surface area contributed by atoms with Gasteiger partial charge in [0.2, 0.25) is 0 Å². The lowest BCUT2D eigenvalue weighted by Gasteiger charge is -2.19. The van der Waals surface area contributed by atoms with Crippen LogP contribution in [0.15, 0.2) is 0 Å². The van der Waals surface area contributed by atoms with Crippen molar-refractivity contribution in [3.05, 3.63) is 0 Å². The standard InChI is InChI=1S/C13H28N2/c1-3-14-9-4-5-10-15-11-6-7-13(2)8-12-15/h13-14H,3-12H2,1-2H3. The van der Waals surface area contributed by atoms with E-state index in [0.717, 1.165) is 12.5 Å². The van der Waals surface area contributed by atoms with Crippen molar-refractivity contribution in [3.63, 3.8) is 0 Å². The van der Waals surface area contributed by atoms with Crippen molar-refractivity contribution in [3.8, 4) is 0 Å². The minimum Gasteiger partial charge on any atom is -0.317 e. The summed E-state index contributed by atoms with van der Waals surface area (Å²) in [7, 11) is 0. The molecule has 0 aliphatic carbocycles. The second-order valence-electron chi connectivity index (χ2n) is 4.94. The molecule has 0 spiro atoms. The highest BCUT2D eigenvalue weighted by Crippen LogP contribution is 2.16. The smallest absolute Gasteiger partial charge is 0.00162 e. The Balaban J connectivity index is 2.00. The maximum Gasteiger partial charge on any atom is -0.00162 e. The van der Waals surface area contributed by atoms with Crippen LogP contribution in [0.2, 0.25) is 0 Å². The first-order chi connectivity index (χ1) is 7.33. The van der Waals surface area contributed by atoms with E-state index in [-0.39, 0.29) is 0 Å². The number of nitrogens with one attached hydrogen (secondary N) is 1. The molecule has 2 nitrogen and oxygen atoms in total. The average Bonchev–Trinajstić information content (AvgIpc) is 2.43. The van der Waals surface area contributed by atoms with Crippen molar-refractivity contribution in [2.45, 2.75) is 46.0 Å². The molecule has 1 aliphatic rings. The van der Waals surface area contributed by atoms with Crippen LogP contribution >= 0.6 is 0 Å². The molecule has 1 atom stereocenters. The molecule has 0 amide bonds. The topological polar surface area (TPSA) is 15.3 Å². The molecule has 1 saturated heterocycles. The number of rotatable bonds is 6. The Bertz CT molecular complexity index is 147. The lowest BCUT2D eigenvalue weighted by atomic mass is 10.0. The number of hydrogen-bond donors (Lipinski definition) is 1. The van der Waals surface area contributed by atoms with Crippen LogP contribution < -0.4 is 5.32 Å². The number of unbranched alkanes of at least 4 members (excludes halogenated alkanes) is 1. The molecule has 1 aliphatic heterocycles. The normalized spacial score (nSPS) is 24.0. The van der Waals surface area contributed by atoms with E-state index in [4.69, 9.17) is 0 Å². The molecule has 1 heterocycles. The van der Waals surface area contributed by atoms with Crippen LogP contribution in [-0.4, -0.2) is 37.6 Å². The molecule has 1 rings (SSSR count). The highest BCUT2D eigenvalue weighted by molar-refractivity contribution is 4.67. The Morgan fingerprint density at radius 2 is 2.07 bits per heavy atom. The predicted molar refractivity (Wildman–Crippen MR) is 67.2 cm³/mol. The van der Waals surface area contributed by atoms with Crippen molar-refractivity contribution >= 4 is 0 Å². The maximum absolute atomic E-state index is 3.39. The Morgan fingerprint density at radius 1 is 1.20 bits per heavy atom. The third-order valence-corrected chi connectivity index (χ3v) is 3.44. The van der Waals surface area contributed by atoms with Crippen LogP contribution in [0.25, 0.3) is 0 Å². The van der Waals surface area contributed by atoms with Crippen molar-refractivity contribution < 1.29 is 0 Å². The average molecular weight is 212 g/mol. The third-order valence-electron chi connectivity index (χ3n) is 3.44. The third kappa shape index (κ3) is 6.16. The SMILES string of the molecule is CCNCCCCN1CCCC(C)CC1. The van der Waals surface area contributed by atoms with Gasteiger partial charge in [-0.25, -0.2) is 0 Å². The van der Waals surface area contributed by atoms with E-state index in [1.54, 1.807) is 0 Å². The van der Waals surface area contributed by atoms with Gasteiger partial charge in [0, 0.05) is 0 Å². The maximum atomic E-state index is 3.39. The van der Waals surface area contributed by atoms with Crippen molar-refractivity contribution in [1.29, 1.82) is 0 Å². The van der Waals surface area contributed by atoms with Crippen molar-refractivity contribution in [1.82, 2.24) is 10.2 Å². The van der Waals surface area contributed by atoms with Gasteiger partial charge in [0.05, 0.1) is 0 Å². The largest absolute Gasteiger partial charge is 0.317 e. The van der Waals surface area contributed by atoms with Gasteiger partial charge < -0.3 is 10.2 Å². The first kappa shape index (κ1) is 13.0. The first-order valence-electron chi connectivity index (χ1n) is 6.76. The monoisotopic (exact) mass is 212 g/mol. The fraction of sp³-hybridized carbons (Fsp3) is 1.00. The molecule has 0 saturated carbocycles. The van der Waals surface area contributed by atoms with Crippen LogP contribution in [0.1, 0.15) is 46.0 Å². The van der Waals surface area contributed by atoms with E-state index in [2.05, 4.69) is 24.1 Å². The summed E-state index contributed by atoms with van der Waals surface area (Å²) in [6.07, 6.45) is 6.96. The molecule has 2 heteroatoms. The molecule has 15 heavy (non-hydrogen) atoms. The number of hydrogen-bond acceptors (Lipinski definition) is 2. The van der Waals surface area contributed by atoms with Crippen molar-refractivity contribution in [2.24, 2.45) is 5.92 Å². The Morgan fingerprint density at radius 3 is 2.87 bits per heavy atom. The Hall–Kier alpha value is -0.0800. The molecule has 0 bridgehead atoms. The van der Waals surface area contributed by atoms with Crippen LogP contribution in [0, 0.1) is 5.92 Å². The van der Waals surface area contributed by atoms with Crippen LogP contribution in [0.4, 0.5) is 0 Å². The van der Waals surface area contributed by atoms with E-state index in [0.29, 0.717) is 0 Å². The summed E-state index contributed by atoms with van der Waals surface area (Å²) < 4.78 is 0. The minimum absolute atomic E-state index is 0.955. The molecular weight excluding hydrogens is 184 g/mol. The molecule has 90 valence electrons. The van der Waals surface area contributed by atoms with Gasteiger partial charge in [0.25, 0.3) is 0 Å². The molecular formula is C13H28N2. The van der Waals surface area contributed by atoms with Gasteiger partial charge in [-0.2, -0.15) is 0 Å². The quantitative estimate of drug-likeness (QED) is 0.681. The van der Waals surface area contributed by atoms with Crippen molar-refractivity contribution in [2.75, 3.05) is 32.7 Å². The van der Waals surface area contributed by atoms with Crippen LogP contribution in [0.5, 0.6) is 0 Å². The highest BCUT2D eigenvalue weighted by atomic mass is 15.1. The predicted octanol–water partition coefficient (Wildman–Crippen LogP) is 2.50. The van der Waals surface area contributed by atoms with E-state index in [9.17, 15) is 0 Å². The van der Waals surface area contributed by atoms with Crippen LogP contribution in [0.3, 0.4) is 0 Å². The van der Waals surface area contributed by atoms with Gasteiger partial charge in [-0.15, -0.1) is 0 Å². The fourth-order valence-corrected chi connectivity index (χ4v) is 2.31. The molecule has 1 N–H and O–H groups in total. The van der Waals surface area contributed by atoms with E-state index >= 15 is 0 Å². The number of likely N-dealkylation sites (tertiary alicyclic amines) is 1. The van der Waals surface area contributed by atoms with Gasteiger partial charge in [-0.1, -0.05) is 13.8 Å². The lowest BCUT2D eigenvalue weighted by Crippen LogP contribution is -2.26. The Labute approximate surface area is 95.4 Å². The van der Waals surface area contributed by atoms with Crippen LogP contribution in [-0.2, 0) is 0 Å². The Kier molecular flexibility index (Phi) is 7.03.